The number of terminal acetylenes is 1. The third-order valence-electron chi connectivity index (χ3n) is 5.80. The van der Waals surface area contributed by atoms with Gasteiger partial charge >= 0.3 is 5.97 Å². The third-order valence-corrected chi connectivity index (χ3v) is 7.26. The number of benzene rings is 2. The van der Waals surface area contributed by atoms with Crippen LogP contribution in [0.2, 0.25) is 0 Å². The van der Waals surface area contributed by atoms with Crippen LogP contribution in [0.4, 0.5) is 4.39 Å². The van der Waals surface area contributed by atoms with Crippen molar-refractivity contribution in [1.82, 2.24) is 4.98 Å². The Morgan fingerprint density at radius 3 is 2.49 bits per heavy atom. The fraction of sp³-hybridized carbons (Fsp3) is 0.259. The molecule has 1 aromatic heterocycles. The van der Waals surface area contributed by atoms with Gasteiger partial charge in [0, 0.05) is 24.2 Å². The summed E-state index contributed by atoms with van der Waals surface area (Å²) in [5.74, 6) is 1.49. The summed E-state index contributed by atoms with van der Waals surface area (Å²) < 4.78 is 36.2. The zero-order valence-electron chi connectivity index (χ0n) is 19.1. The molecule has 3 unspecified atom stereocenters. The Morgan fingerprint density at radius 2 is 1.89 bits per heavy atom. The molecular formula is C27H25FNO5P. The van der Waals surface area contributed by atoms with Crippen molar-refractivity contribution in [3.8, 4) is 40.5 Å². The first-order valence-corrected chi connectivity index (χ1v) is 12.6. The molecule has 1 saturated carbocycles. The summed E-state index contributed by atoms with van der Waals surface area (Å²) in [6.45, 7) is 0. The van der Waals surface area contributed by atoms with E-state index in [9.17, 15) is 18.9 Å². The average Bonchev–Trinajstić information content (AvgIpc) is 3.71. The monoisotopic (exact) mass is 493 g/mol. The molecular weight excluding hydrogens is 468 g/mol. The standard InChI is InChI=1S/C27H25FNO5P/c1-3-24(35(32)33-2)23(30)16-25(31)34-27-21(17-11-13-20(28)14-12-17)15-22(18-7-5-4-6-8-18)29-26(27)19-9-10-19/h1,4-8,11-15,19,23-24,30,35H,9-10,16H2,2H3. The van der Waals surface area contributed by atoms with Crippen molar-refractivity contribution >= 4 is 14.0 Å². The second-order valence-electron chi connectivity index (χ2n) is 8.33. The minimum absolute atomic E-state index is 0.119. The highest BCUT2D eigenvalue weighted by Gasteiger charge is 2.33. The summed E-state index contributed by atoms with van der Waals surface area (Å²) in [7, 11) is -1.50. The van der Waals surface area contributed by atoms with Gasteiger partial charge in [0.2, 0.25) is 8.03 Å². The van der Waals surface area contributed by atoms with Crippen molar-refractivity contribution in [3.05, 3.63) is 72.2 Å². The molecule has 1 N–H and O–H groups in total. The smallest absolute Gasteiger partial charge is 0.313 e. The van der Waals surface area contributed by atoms with Gasteiger partial charge in [0.1, 0.15) is 11.5 Å². The number of pyridine rings is 1. The lowest BCUT2D eigenvalue weighted by molar-refractivity contribution is -0.136. The summed E-state index contributed by atoms with van der Waals surface area (Å²) >= 11 is 0. The number of aromatic nitrogens is 1. The summed E-state index contributed by atoms with van der Waals surface area (Å²) in [5, 5.41) is 10.4. The van der Waals surface area contributed by atoms with Crippen LogP contribution in [0, 0.1) is 18.2 Å². The lowest BCUT2D eigenvalue weighted by atomic mass is 9.99. The molecule has 8 heteroatoms. The molecule has 0 bridgehead atoms. The van der Waals surface area contributed by atoms with Gasteiger partial charge in [-0.15, -0.1) is 6.42 Å². The highest BCUT2D eigenvalue weighted by Crippen LogP contribution is 2.48. The van der Waals surface area contributed by atoms with E-state index in [1.807, 2.05) is 30.3 Å². The van der Waals surface area contributed by atoms with Crippen LogP contribution in [0.5, 0.6) is 5.75 Å². The number of esters is 1. The van der Waals surface area contributed by atoms with Crippen LogP contribution in [0.1, 0.15) is 30.9 Å². The second-order valence-corrected chi connectivity index (χ2v) is 10.00. The van der Waals surface area contributed by atoms with E-state index in [1.54, 1.807) is 18.2 Å². The number of aliphatic hydroxyl groups is 1. The van der Waals surface area contributed by atoms with Gasteiger partial charge in [-0.25, -0.2) is 9.37 Å². The molecule has 4 rings (SSSR count). The van der Waals surface area contributed by atoms with Gasteiger partial charge in [0.25, 0.3) is 0 Å². The molecule has 3 aromatic rings. The number of halogens is 1. The van der Waals surface area contributed by atoms with Crippen LogP contribution in [-0.4, -0.2) is 34.9 Å². The van der Waals surface area contributed by atoms with Crippen molar-refractivity contribution in [2.24, 2.45) is 0 Å². The normalized spacial score (nSPS) is 15.6. The number of hydrogen-bond acceptors (Lipinski definition) is 6. The first kappa shape index (κ1) is 24.8. The van der Waals surface area contributed by atoms with E-state index >= 15 is 0 Å². The Bertz CT molecular complexity index is 1270. The predicted octanol–water partition coefficient (Wildman–Crippen LogP) is 5.21. The number of carbonyl (C=O) groups is 1. The van der Waals surface area contributed by atoms with Gasteiger partial charge in [-0.2, -0.15) is 0 Å². The predicted molar refractivity (Wildman–Crippen MR) is 132 cm³/mol. The van der Waals surface area contributed by atoms with E-state index < -0.39 is 32.2 Å². The van der Waals surface area contributed by atoms with Gasteiger partial charge in [-0.3, -0.25) is 9.36 Å². The van der Waals surface area contributed by atoms with Gasteiger partial charge < -0.3 is 14.4 Å². The summed E-state index contributed by atoms with van der Waals surface area (Å²) in [5.41, 5.74) is 2.36. The first-order valence-electron chi connectivity index (χ1n) is 11.2. The Kier molecular flexibility index (Phi) is 7.77. The maximum Gasteiger partial charge on any atom is 0.313 e. The maximum absolute atomic E-state index is 13.6. The molecule has 180 valence electrons. The SMILES string of the molecule is C#CC(C(O)CC(=O)Oc1c(-c2ccc(F)cc2)cc(-c2ccccc2)nc1C1CC1)[PH](=O)OC. The maximum atomic E-state index is 13.6. The van der Waals surface area contributed by atoms with Gasteiger partial charge in [0.15, 0.2) is 5.75 Å². The summed E-state index contributed by atoms with van der Waals surface area (Å²) in [6, 6.07) is 17.3. The molecule has 1 fully saturated rings. The van der Waals surface area contributed by atoms with Gasteiger partial charge in [0.05, 0.1) is 23.9 Å². The van der Waals surface area contributed by atoms with Crippen LogP contribution in [0.15, 0.2) is 60.7 Å². The lowest BCUT2D eigenvalue weighted by Crippen LogP contribution is -2.27. The van der Waals surface area contributed by atoms with Crippen LogP contribution in [-0.2, 0) is 13.9 Å². The molecule has 6 nitrogen and oxygen atoms in total. The number of aliphatic hydroxyl groups excluding tert-OH is 1. The van der Waals surface area contributed by atoms with Crippen molar-refractivity contribution < 1.29 is 28.1 Å². The summed E-state index contributed by atoms with van der Waals surface area (Å²) in [4.78, 5) is 17.7. The van der Waals surface area contributed by atoms with Gasteiger partial charge in [-0.05, 0) is 36.6 Å². The first-order chi connectivity index (χ1) is 16.9. The van der Waals surface area contributed by atoms with E-state index in [1.165, 1.54) is 19.2 Å². The molecule has 35 heavy (non-hydrogen) atoms. The molecule has 1 heterocycles. The number of hydrogen-bond donors (Lipinski definition) is 1. The fourth-order valence-corrected chi connectivity index (χ4v) is 4.62. The highest BCUT2D eigenvalue weighted by molar-refractivity contribution is 7.40. The topological polar surface area (TPSA) is 85.7 Å². The number of nitrogens with zero attached hydrogens (tertiary/aromatic N) is 1. The van der Waals surface area contributed by atoms with Crippen molar-refractivity contribution in [1.29, 1.82) is 0 Å². The largest absolute Gasteiger partial charge is 0.424 e. The van der Waals surface area contributed by atoms with Crippen molar-refractivity contribution in [2.75, 3.05) is 7.11 Å². The van der Waals surface area contributed by atoms with Crippen LogP contribution in [0.3, 0.4) is 0 Å². The quantitative estimate of drug-likeness (QED) is 0.250. The van der Waals surface area contributed by atoms with E-state index in [-0.39, 0.29) is 17.5 Å². The minimum atomic E-state index is -2.73. The molecule has 2 aromatic carbocycles. The third kappa shape index (κ3) is 5.86. The fourth-order valence-electron chi connectivity index (χ4n) is 3.80. The van der Waals surface area contributed by atoms with Crippen LogP contribution in [0.25, 0.3) is 22.4 Å². The number of carbonyl (C=O) groups excluding carboxylic acids is 1. The molecule has 0 radical (unpaired) electrons. The highest BCUT2D eigenvalue weighted by atomic mass is 31.1. The Labute approximate surface area is 204 Å². The number of rotatable bonds is 9. The second kappa shape index (κ2) is 11.0. The van der Waals surface area contributed by atoms with Crippen molar-refractivity contribution in [2.45, 2.75) is 36.9 Å². The average molecular weight is 493 g/mol. The Hall–Kier alpha value is -3.30. The van der Waals surface area contributed by atoms with E-state index in [2.05, 4.69) is 5.92 Å². The Morgan fingerprint density at radius 1 is 1.20 bits per heavy atom. The van der Waals surface area contributed by atoms with E-state index in [4.69, 9.17) is 20.7 Å². The molecule has 1 aliphatic carbocycles. The number of ether oxygens (including phenoxy) is 1. The lowest BCUT2D eigenvalue weighted by Gasteiger charge is -2.19. The molecule has 0 amide bonds. The Balaban J connectivity index is 1.74. The van der Waals surface area contributed by atoms with E-state index in [0.717, 1.165) is 18.4 Å². The molecule has 0 saturated heterocycles. The van der Waals surface area contributed by atoms with Crippen LogP contribution >= 0.6 is 8.03 Å². The molecule has 1 aliphatic rings. The van der Waals surface area contributed by atoms with Crippen LogP contribution < -0.4 is 4.74 Å². The zero-order chi connectivity index (χ0) is 24.9. The van der Waals surface area contributed by atoms with E-state index in [0.29, 0.717) is 22.5 Å². The van der Waals surface area contributed by atoms with Crippen molar-refractivity contribution in [3.63, 3.8) is 0 Å². The van der Waals surface area contributed by atoms with Gasteiger partial charge in [-0.1, -0.05) is 48.4 Å². The molecule has 3 atom stereocenters. The molecule has 0 spiro atoms. The minimum Gasteiger partial charge on any atom is -0.424 e. The summed E-state index contributed by atoms with van der Waals surface area (Å²) in [6.07, 6.45) is 5.31. The molecule has 0 aliphatic heterocycles. The zero-order valence-corrected chi connectivity index (χ0v) is 20.1.